The van der Waals surface area contributed by atoms with Gasteiger partial charge in [0.1, 0.15) is 5.41 Å². The molecule has 0 bridgehead atoms. The molecular weight excluding hydrogens is 196 g/mol. The predicted molar refractivity (Wildman–Crippen MR) is 56.9 cm³/mol. The van der Waals surface area contributed by atoms with Crippen molar-refractivity contribution in [2.24, 2.45) is 0 Å². The van der Waals surface area contributed by atoms with Crippen molar-refractivity contribution in [3.63, 3.8) is 0 Å². The Bertz CT molecular complexity index is 350. The van der Waals surface area contributed by atoms with E-state index >= 15 is 0 Å². The molecule has 1 aliphatic carbocycles. The third-order valence-electron chi connectivity index (χ3n) is 2.79. The van der Waals surface area contributed by atoms with Crippen molar-refractivity contribution < 1.29 is 9.90 Å². The Morgan fingerprint density at radius 2 is 2.29 bits per heavy atom. The fourth-order valence-electron chi connectivity index (χ4n) is 1.71. The Balaban J connectivity index is 2.21. The first kappa shape index (κ1) is 9.71. The molecule has 76 valence electrons. The van der Waals surface area contributed by atoms with Gasteiger partial charge >= 0.3 is 5.97 Å². The maximum atomic E-state index is 11.1. The van der Waals surface area contributed by atoms with Gasteiger partial charge in [-0.15, -0.1) is 11.3 Å². The van der Waals surface area contributed by atoms with Gasteiger partial charge in [0, 0.05) is 9.75 Å². The van der Waals surface area contributed by atoms with E-state index in [0.717, 1.165) is 30.6 Å². The molecule has 2 rings (SSSR count). The monoisotopic (exact) mass is 210 g/mol. The van der Waals surface area contributed by atoms with Crippen molar-refractivity contribution in [2.45, 2.75) is 38.0 Å². The van der Waals surface area contributed by atoms with Gasteiger partial charge in [-0.05, 0) is 31.4 Å². The molecule has 0 atom stereocenters. The second kappa shape index (κ2) is 3.39. The predicted octanol–water partition coefficient (Wildman–Crippen LogP) is 2.82. The first-order valence-electron chi connectivity index (χ1n) is 5.01. The molecule has 0 amide bonds. The van der Waals surface area contributed by atoms with Crippen molar-refractivity contribution >= 4 is 17.3 Å². The van der Waals surface area contributed by atoms with Crippen molar-refractivity contribution in [3.05, 3.63) is 21.9 Å². The Labute approximate surface area is 87.6 Å². The van der Waals surface area contributed by atoms with Gasteiger partial charge < -0.3 is 5.11 Å². The fraction of sp³-hybridized carbons (Fsp3) is 0.545. The summed E-state index contributed by atoms with van der Waals surface area (Å²) in [5, 5.41) is 9.10. The van der Waals surface area contributed by atoms with E-state index in [1.165, 1.54) is 4.88 Å². The van der Waals surface area contributed by atoms with E-state index in [2.05, 4.69) is 13.0 Å². The van der Waals surface area contributed by atoms with E-state index in [1.807, 2.05) is 6.07 Å². The lowest BCUT2D eigenvalue weighted by Gasteiger charge is -2.05. The van der Waals surface area contributed by atoms with Crippen LogP contribution in [0.1, 0.15) is 35.9 Å². The number of rotatable bonds is 4. The van der Waals surface area contributed by atoms with Crippen LogP contribution in [0.4, 0.5) is 0 Å². The van der Waals surface area contributed by atoms with Crippen LogP contribution in [0.25, 0.3) is 0 Å². The second-order valence-electron chi connectivity index (χ2n) is 3.90. The molecule has 0 spiro atoms. The van der Waals surface area contributed by atoms with E-state index in [9.17, 15) is 4.79 Å². The summed E-state index contributed by atoms with van der Waals surface area (Å²) in [5.74, 6) is -0.651. The maximum absolute atomic E-state index is 11.1. The number of thiophene rings is 1. The van der Waals surface area contributed by atoms with Crippen molar-refractivity contribution in [1.82, 2.24) is 0 Å². The highest BCUT2D eigenvalue weighted by Gasteiger charge is 2.52. The smallest absolute Gasteiger partial charge is 0.314 e. The number of aliphatic carboxylic acids is 1. The lowest BCUT2D eigenvalue weighted by atomic mass is 10.1. The number of carbonyl (C=O) groups is 1. The average molecular weight is 210 g/mol. The maximum Gasteiger partial charge on any atom is 0.314 e. The highest BCUT2D eigenvalue weighted by atomic mass is 32.1. The molecule has 1 fully saturated rings. The lowest BCUT2D eigenvalue weighted by molar-refractivity contribution is -0.139. The normalized spacial score (nSPS) is 18.1. The Morgan fingerprint density at radius 3 is 2.79 bits per heavy atom. The largest absolute Gasteiger partial charge is 0.481 e. The summed E-state index contributed by atoms with van der Waals surface area (Å²) in [7, 11) is 0. The molecule has 1 aliphatic rings. The standard InChI is InChI=1S/C11H14O2S/c1-2-3-8-4-5-9(14-8)11(6-7-11)10(12)13/h4-5H,2-3,6-7H2,1H3,(H,12,13). The molecule has 1 heterocycles. The fourth-order valence-corrected chi connectivity index (χ4v) is 3.05. The minimum absolute atomic E-state index is 0.503. The zero-order valence-electron chi connectivity index (χ0n) is 8.25. The highest BCUT2D eigenvalue weighted by Crippen LogP contribution is 2.50. The van der Waals surface area contributed by atoms with E-state index in [-0.39, 0.29) is 0 Å². The van der Waals surface area contributed by atoms with Crippen LogP contribution in [-0.4, -0.2) is 11.1 Å². The van der Waals surface area contributed by atoms with Gasteiger partial charge in [0.2, 0.25) is 0 Å². The Morgan fingerprint density at radius 1 is 1.57 bits per heavy atom. The van der Waals surface area contributed by atoms with Gasteiger partial charge in [-0.25, -0.2) is 0 Å². The Kier molecular flexibility index (Phi) is 2.35. The zero-order valence-corrected chi connectivity index (χ0v) is 9.06. The molecule has 14 heavy (non-hydrogen) atoms. The van der Waals surface area contributed by atoms with Crippen LogP contribution in [0.5, 0.6) is 0 Å². The van der Waals surface area contributed by atoms with Gasteiger partial charge in [0.05, 0.1) is 0 Å². The molecule has 2 nitrogen and oxygen atoms in total. The molecular formula is C11H14O2S. The number of carboxylic acids is 1. The topological polar surface area (TPSA) is 37.3 Å². The molecule has 0 radical (unpaired) electrons. The Hall–Kier alpha value is -0.830. The number of aryl methyl sites for hydroxylation is 1. The summed E-state index contributed by atoms with van der Waals surface area (Å²) >= 11 is 1.67. The van der Waals surface area contributed by atoms with Crippen LogP contribution < -0.4 is 0 Å². The van der Waals surface area contributed by atoms with Crippen molar-refractivity contribution in [2.75, 3.05) is 0 Å². The molecule has 1 aromatic heterocycles. The van der Waals surface area contributed by atoms with Crippen LogP contribution in [-0.2, 0) is 16.6 Å². The van der Waals surface area contributed by atoms with Gasteiger partial charge in [-0.2, -0.15) is 0 Å². The summed E-state index contributed by atoms with van der Waals surface area (Å²) in [5.41, 5.74) is -0.503. The van der Waals surface area contributed by atoms with Crippen molar-refractivity contribution in [1.29, 1.82) is 0 Å². The third kappa shape index (κ3) is 1.46. The molecule has 0 saturated heterocycles. The lowest BCUT2D eigenvalue weighted by Crippen LogP contribution is -2.17. The molecule has 0 aromatic carbocycles. The van der Waals surface area contributed by atoms with E-state index in [1.54, 1.807) is 11.3 Å². The van der Waals surface area contributed by atoms with Crippen molar-refractivity contribution in [3.8, 4) is 0 Å². The third-order valence-corrected chi connectivity index (χ3v) is 4.14. The first-order chi connectivity index (χ1) is 6.69. The summed E-state index contributed by atoms with van der Waals surface area (Å²) < 4.78 is 0. The molecule has 0 aliphatic heterocycles. The van der Waals surface area contributed by atoms with Gasteiger partial charge in [0.25, 0.3) is 0 Å². The number of carboxylic acid groups (broad SMARTS) is 1. The summed E-state index contributed by atoms with van der Waals surface area (Å²) in [4.78, 5) is 13.4. The van der Waals surface area contributed by atoms with E-state index in [0.29, 0.717) is 0 Å². The molecule has 1 aromatic rings. The summed E-state index contributed by atoms with van der Waals surface area (Å²) in [6, 6.07) is 4.07. The van der Waals surface area contributed by atoms with E-state index < -0.39 is 11.4 Å². The zero-order chi connectivity index (χ0) is 10.2. The molecule has 1 N–H and O–H groups in total. The molecule has 0 unspecified atom stereocenters. The first-order valence-corrected chi connectivity index (χ1v) is 5.83. The van der Waals surface area contributed by atoms with Gasteiger partial charge in [0.15, 0.2) is 0 Å². The molecule has 1 saturated carbocycles. The van der Waals surface area contributed by atoms with Crippen LogP contribution in [0.2, 0.25) is 0 Å². The van der Waals surface area contributed by atoms with Crippen LogP contribution in [0.15, 0.2) is 12.1 Å². The van der Waals surface area contributed by atoms with E-state index in [4.69, 9.17) is 5.11 Å². The van der Waals surface area contributed by atoms with Crippen LogP contribution in [0.3, 0.4) is 0 Å². The van der Waals surface area contributed by atoms with Crippen LogP contribution in [0, 0.1) is 0 Å². The van der Waals surface area contributed by atoms with Gasteiger partial charge in [-0.3, -0.25) is 4.79 Å². The SMILES string of the molecule is CCCc1ccc(C2(C(=O)O)CC2)s1. The van der Waals surface area contributed by atoms with Gasteiger partial charge in [-0.1, -0.05) is 13.3 Å². The number of hydrogen-bond acceptors (Lipinski definition) is 2. The average Bonchev–Trinajstić information content (AvgIpc) is 2.84. The second-order valence-corrected chi connectivity index (χ2v) is 5.07. The molecule has 3 heteroatoms. The highest BCUT2D eigenvalue weighted by molar-refractivity contribution is 7.12. The quantitative estimate of drug-likeness (QED) is 0.829. The minimum Gasteiger partial charge on any atom is -0.481 e. The minimum atomic E-state index is -0.651. The summed E-state index contributed by atoms with van der Waals surface area (Å²) in [6.45, 7) is 2.14. The van der Waals surface area contributed by atoms with Crippen LogP contribution >= 0.6 is 11.3 Å². The number of hydrogen-bond donors (Lipinski definition) is 1. The summed E-state index contributed by atoms with van der Waals surface area (Å²) in [6.07, 6.45) is 3.82.